The van der Waals surface area contributed by atoms with Crippen molar-refractivity contribution < 1.29 is 0 Å². The van der Waals surface area contributed by atoms with Gasteiger partial charge in [-0.2, -0.15) is 0 Å². The Morgan fingerprint density at radius 3 is 3.09 bits per heavy atom. The summed E-state index contributed by atoms with van der Waals surface area (Å²) >= 11 is 4.24. The molecule has 0 aliphatic carbocycles. The third-order valence-corrected chi connectivity index (χ3v) is 2.14. The van der Waals surface area contributed by atoms with E-state index in [2.05, 4.69) is 27.6 Å². The summed E-state index contributed by atoms with van der Waals surface area (Å²) in [6, 6.07) is 0. The summed E-state index contributed by atoms with van der Waals surface area (Å²) in [4.78, 5) is 12.0. The van der Waals surface area contributed by atoms with Crippen LogP contribution >= 0.6 is 12.6 Å². The summed E-state index contributed by atoms with van der Waals surface area (Å²) in [7, 11) is 0. The molecule has 0 unspecified atom stereocenters. The minimum Gasteiger partial charge on any atom is -0.343 e. The maximum absolute atomic E-state index is 4.24. The van der Waals surface area contributed by atoms with E-state index in [1.165, 1.54) is 0 Å². The molecule has 0 aliphatic rings. The zero-order valence-electron chi connectivity index (χ0n) is 6.00. The Hall–Kier alpha value is -1.03. The Balaban J connectivity index is 2.93. The van der Waals surface area contributed by atoms with Crippen LogP contribution in [0.15, 0.2) is 17.4 Å². The van der Waals surface area contributed by atoms with Gasteiger partial charge in [0.05, 0.1) is 11.8 Å². The largest absolute Gasteiger partial charge is 0.343 e. The van der Waals surface area contributed by atoms with Crippen LogP contribution in [-0.4, -0.2) is 15.0 Å². The van der Waals surface area contributed by atoms with E-state index >= 15 is 0 Å². The predicted octanol–water partition coefficient (Wildman–Crippen LogP) is 1.56. The number of pyridine rings is 1. The number of rotatable bonds is 0. The molecule has 2 aromatic heterocycles. The van der Waals surface area contributed by atoms with Crippen molar-refractivity contribution in [3.63, 3.8) is 0 Å². The van der Waals surface area contributed by atoms with E-state index in [-0.39, 0.29) is 0 Å². The van der Waals surface area contributed by atoms with Crippen LogP contribution in [0.2, 0.25) is 0 Å². The molecule has 0 bridgehead atoms. The van der Waals surface area contributed by atoms with Crippen LogP contribution in [0.5, 0.6) is 0 Å². The van der Waals surface area contributed by atoms with Gasteiger partial charge in [0.15, 0.2) is 5.65 Å². The molecule has 0 atom stereocenters. The van der Waals surface area contributed by atoms with Gasteiger partial charge in [-0.05, 0) is 12.5 Å². The molecule has 2 heterocycles. The highest BCUT2D eigenvalue weighted by atomic mass is 32.1. The quantitative estimate of drug-likeness (QED) is 0.581. The number of H-pyrrole nitrogens is 1. The Kier molecular flexibility index (Phi) is 1.35. The number of fused-ring (bicyclic) bond motifs is 1. The van der Waals surface area contributed by atoms with Crippen LogP contribution in [-0.2, 0) is 0 Å². The Bertz CT molecular complexity index is 393. The van der Waals surface area contributed by atoms with Crippen LogP contribution in [0.3, 0.4) is 0 Å². The average molecular weight is 165 g/mol. The molecule has 56 valence electrons. The smallest absolute Gasteiger partial charge is 0.177 e. The lowest BCUT2D eigenvalue weighted by Crippen LogP contribution is -1.82. The molecular formula is C7H7N3S. The first-order valence-electron chi connectivity index (χ1n) is 3.26. The standard InChI is InChI=1S/C7H7N3S/c1-4-5(11)2-8-7-6(4)9-3-10-7/h2-3,11H,1H3,(H,8,9,10). The normalized spacial score (nSPS) is 10.7. The first-order valence-corrected chi connectivity index (χ1v) is 3.71. The summed E-state index contributed by atoms with van der Waals surface area (Å²) in [6.07, 6.45) is 3.35. The summed E-state index contributed by atoms with van der Waals surface area (Å²) in [6.45, 7) is 1.99. The second-order valence-corrected chi connectivity index (χ2v) is 2.85. The molecule has 0 radical (unpaired) electrons. The molecule has 11 heavy (non-hydrogen) atoms. The number of aromatic nitrogens is 3. The lowest BCUT2D eigenvalue weighted by Gasteiger charge is -1.96. The monoisotopic (exact) mass is 165 g/mol. The summed E-state index contributed by atoms with van der Waals surface area (Å²) < 4.78 is 0. The molecule has 3 nitrogen and oxygen atoms in total. The predicted molar refractivity (Wildman–Crippen MR) is 45.9 cm³/mol. The fourth-order valence-corrected chi connectivity index (χ4v) is 1.18. The SMILES string of the molecule is Cc1c(S)cnc2nc[nH]c12. The van der Waals surface area contributed by atoms with Crippen molar-refractivity contribution >= 4 is 23.8 Å². The number of imidazole rings is 1. The third-order valence-electron chi connectivity index (χ3n) is 1.69. The molecule has 2 rings (SSSR count). The number of nitrogens with one attached hydrogen (secondary N) is 1. The van der Waals surface area contributed by atoms with Gasteiger partial charge in [-0.15, -0.1) is 12.6 Å². The lowest BCUT2D eigenvalue weighted by molar-refractivity contribution is 1.22. The van der Waals surface area contributed by atoms with Gasteiger partial charge in [-0.25, -0.2) is 9.97 Å². The van der Waals surface area contributed by atoms with Gasteiger partial charge in [0.1, 0.15) is 0 Å². The van der Waals surface area contributed by atoms with Crippen molar-refractivity contribution in [2.75, 3.05) is 0 Å². The summed E-state index contributed by atoms with van der Waals surface area (Å²) in [5.74, 6) is 0. The molecule has 0 fully saturated rings. The van der Waals surface area contributed by atoms with E-state index in [0.29, 0.717) is 0 Å². The summed E-state index contributed by atoms with van der Waals surface area (Å²) in [5.41, 5.74) is 2.81. The molecule has 0 spiro atoms. The molecule has 1 N–H and O–H groups in total. The lowest BCUT2D eigenvalue weighted by atomic mass is 10.3. The maximum Gasteiger partial charge on any atom is 0.177 e. The zero-order valence-corrected chi connectivity index (χ0v) is 6.89. The Labute approximate surface area is 69.3 Å². The van der Waals surface area contributed by atoms with Crippen LogP contribution in [0.1, 0.15) is 5.56 Å². The number of thiol groups is 1. The van der Waals surface area contributed by atoms with Crippen molar-refractivity contribution in [3.05, 3.63) is 18.1 Å². The second kappa shape index (κ2) is 2.23. The molecule has 0 aliphatic heterocycles. The molecule has 0 aromatic carbocycles. The van der Waals surface area contributed by atoms with Crippen molar-refractivity contribution in [1.29, 1.82) is 0 Å². The molecule has 4 heteroatoms. The van der Waals surface area contributed by atoms with Gasteiger partial charge in [0.25, 0.3) is 0 Å². The number of hydrogen-bond donors (Lipinski definition) is 2. The maximum atomic E-state index is 4.24. The minimum atomic E-state index is 0.750. The zero-order chi connectivity index (χ0) is 7.84. The highest BCUT2D eigenvalue weighted by Gasteiger charge is 2.02. The summed E-state index contributed by atoms with van der Waals surface area (Å²) in [5, 5.41) is 0. The van der Waals surface area contributed by atoms with E-state index in [4.69, 9.17) is 0 Å². The van der Waals surface area contributed by atoms with Gasteiger partial charge in [-0.3, -0.25) is 0 Å². The van der Waals surface area contributed by atoms with Crippen molar-refractivity contribution in [2.24, 2.45) is 0 Å². The highest BCUT2D eigenvalue weighted by Crippen LogP contribution is 2.18. The molecule has 0 saturated heterocycles. The van der Waals surface area contributed by atoms with Gasteiger partial charge >= 0.3 is 0 Å². The van der Waals surface area contributed by atoms with Gasteiger partial charge in [0.2, 0.25) is 0 Å². The topological polar surface area (TPSA) is 41.6 Å². The fourth-order valence-electron chi connectivity index (χ4n) is 1.01. The third kappa shape index (κ3) is 0.903. The molecule has 2 aromatic rings. The van der Waals surface area contributed by atoms with Gasteiger partial charge in [-0.1, -0.05) is 0 Å². The van der Waals surface area contributed by atoms with Crippen molar-refractivity contribution in [1.82, 2.24) is 15.0 Å². The van der Waals surface area contributed by atoms with E-state index < -0.39 is 0 Å². The van der Waals surface area contributed by atoms with E-state index in [9.17, 15) is 0 Å². The van der Waals surface area contributed by atoms with Crippen LogP contribution in [0, 0.1) is 6.92 Å². The van der Waals surface area contributed by atoms with Crippen LogP contribution in [0.25, 0.3) is 11.2 Å². The minimum absolute atomic E-state index is 0.750. The molecule has 0 saturated carbocycles. The highest BCUT2D eigenvalue weighted by molar-refractivity contribution is 7.80. The number of hydrogen-bond acceptors (Lipinski definition) is 3. The van der Waals surface area contributed by atoms with E-state index in [0.717, 1.165) is 21.6 Å². The van der Waals surface area contributed by atoms with Gasteiger partial charge < -0.3 is 4.98 Å². The fraction of sp³-hybridized carbons (Fsp3) is 0.143. The molecular weight excluding hydrogens is 158 g/mol. The van der Waals surface area contributed by atoms with Crippen molar-refractivity contribution in [3.8, 4) is 0 Å². The van der Waals surface area contributed by atoms with Crippen LogP contribution in [0.4, 0.5) is 0 Å². The van der Waals surface area contributed by atoms with E-state index in [1.807, 2.05) is 6.92 Å². The number of nitrogens with zero attached hydrogens (tertiary/aromatic N) is 2. The first kappa shape index (κ1) is 6.67. The molecule has 0 amide bonds. The number of aryl methyl sites for hydroxylation is 1. The Morgan fingerprint density at radius 2 is 2.27 bits per heavy atom. The second-order valence-electron chi connectivity index (χ2n) is 2.37. The van der Waals surface area contributed by atoms with Crippen LogP contribution < -0.4 is 0 Å². The van der Waals surface area contributed by atoms with E-state index in [1.54, 1.807) is 12.5 Å². The first-order chi connectivity index (χ1) is 5.29. The Morgan fingerprint density at radius 1 is 1.45 bits per heavy atom. The number of aromatic amines is 1. The average Bonchev–Trinajstić information content (AvgIpc) is 2.45. The van der Waals surface area contributed by atoms with Crippen molar-refractivity contribution in [2.45, 2.75) is 11.8 Å². The van der Waals surface area contributed by atoms with Gasteiger partial charge in [0, 0.05) is 11.1 Å².